The highest BCUT2D eigenvalue weighted by Crippen LogP contribution is 2.26. The second kappa shape index (κ2) is 6.57. The molecule has 2 aromatic carbocycles. The number of rotatable bonds is 4. The summed E-state index contributed by atoms with van der Waals surface area (Å²) < 4.78 is 10.3. The molecular weight excluding hydrogens is 312 g/mol. The molecule has 24 heavy (non-hydrogen) atoms. The van der Waals surface area contributed by atoms with Crippen molar-refractivity contribution in [2.75, 3.05) is 26.8 Å². The number of amides is 3. The van der Waals surface area contributed by atoms with Gasteiger partial charge in [0.15, 0.2) is 6.61 Å². The summed E-state index contributed by atoms with van der Waals surface area (Å²) >= 11 is 0. The number of carbonyl (C=O) groups excluding carboxylic acids is 3. The molecule has 0 unspecified atom stereocenters. The van der Waals surface area contributed by atoms with Gasteiger partial charge in [0.05, 0.1) is 7.11 Å². The van der Waals surface area contributed by atoms with Crippen molar-refractivity contribution in [3.8, 4) is 5.75 Å². The van der Waals surface area contributed by atoms with Gasteiger partial charge < -0.3 is 14.8 Å². The van der Waals surface area contributed by atoms with Crippen LogP contribution < -0.4 is 10.1 Å². The lowest BCUT2D eigenvalue weighted by atomic mass is 10.1. The number of hydrogen-bond donors (Lipinski definition) is 1. The molecule has 0 radical (unpaired) electrons. The molecule has 0 aliphatic carbocycles. The van der Waals surface area contributed by atoms with Crippen molar-refractivity contribution < 1.29 is 23.9 Å². The summed E-state index contributed by atoms with van der Waals surface area (Å²) in [4.78, 5) is 36.6. The van der Waals surface area contributed by atoms with Gasteiger partial charge in [-0.3, -0.25) is 9.69 Å². The number of nitrogens with zero attached hydrogens (tertiary/aromatic N) is 1. The van der Waals surface area contributed by atoms with Crippen molar-refractivity contribution >= 4 is 28.7 Å². The van der Waals surface area contributed by atoms with E-state index < -0.39 is 24.5 Å². The van der Waals surface area contributed by atoms with E-state index in [0.29, 0.717) is 12.3 Å². The van der Waals surface area contributed by atoms with E-state index in [9.17, 15) is 14.4 Å². The standard InChI is InChI=1S/C17H16N2O5/c1-23-14-9-12-5-3-2-4-11(12)8-13(14)16(21)24-10-15(20)19-7-6-18-17(19)22/h2-5,8-9H,6-7,10H2,1H3,(H,18,22). The van der Waals surface area contributed by atoms with Crippen LogP contribution >= 0.6 is 0 Å². The van der Waals surface area contributed by atoms with Crippen LogP contribution in [0.4, 0.5) is 4.79 Å². The predicted molar refractivity (Wildman–Crippen MR) is 85.9 cm³/mol. The van der Waals surface area contributed by atoms with Crippen LogP contribution in [0.5, 0.6) is 5.75 Å². The molecule has 7 nitrogen and oxygen atoms in total. The predicted octanol–water partition coefficient (Wildman–Crippen LogP) is 1.56. The first-order valence-corrected chi connectivity index (χ1v) is 7.42. The van der Waals surface area contributed by atoms with E-state index in [4.69, 9.17) is 9.47 Å². The molecule has 3 rings (SSSR count). The minimum absolute atomic E-state index is 0.231. The number of esters is 1. The van der Waals surface area contributed by atoms with Gasteiger partial charge in [-0.1, -0.05) is 24.3 Å². The van der Waals surface area contributed by atoms with Gasteiger partial charge in [0.25, 0.3) is 5.91 Å². The first-order valence-electron chi connectivity index (χ1n) is 7.42. The molecule has 1 aliphatic heterocycles. The molecule has 0 atom stereocenters. The smallest absolute Gasteiger partial charge is 0.342 e. The third-order valence-electron chi connectivity index (χ3n) is 3.77. The molecule has 0 spiro atoms. The fourth-order valence-corrected chi connectivity index (χ4v) is 2.54. The molecule has 1 heterocycles. The summed E-state index contributed by atoms with van der Waals surface area (Å²) in [6.45, 7) is 0.174. The summed E-state index contributed by atoms with van der Waals surface area (Å²) in [6.07, 6.45) is 0. The lowest BCUT2D eigenvalue weighted by molar-refractivity contribution is -0.130. The van der Waals surface area contributed by atoms with E-state index in [-0.39, 0.29) is 12.1 Å². The molecule has 0 bridgehead atoms. The Morgan fingerprint density at radius 1 is 1.21 bits per heavy atom. The summed E-state index contributed by atoms with van der Waals surface area (Å²) in [5, 5.41) is 4.30. The van der Waals surface area contributed by atoms with Crippen LogP contribution in [0.15, 0.2) is 36.4 Å². The van der Waals surface area contributed by atoms with Crippen LogP contribution in [-0.4, -0.2) is 49.6 Å². The molecule has 0 aromatic heterocycles. The number of ether oxygens (including phenoxy) is 2. The van der Waals surface area contributed by atoms with Gasteiger partial charge in [0.2, 0.25) is 0 Å². The molecule has 1 saturated heterocycles. The van der Waals surface area contributed by atoms with Crippen molar-refractivity contribution in [2.45, 2.75) is 0 Å². The fourth-order valence-electron chi connectivity index (χ4n) is 2.54. The lowest BCUT2D eigenvalue weighted by Crippen LogP contribution is -2.37. The van der Waals surface area contributed by atoms with E-state index in [2.05, 4.69) is 5.32 Å². The number of nitrogens with one attached hydrogen (secondary N) is 1. The molecule has 1 fully saturated rings. The van der Waals surface area contributed by atoms with Crippen molar-refractivity contribution in [1.29, 1.82) is 0 Å². The van der Waals surface area contributed by atoms with E-state index in [1.807, 2.05) is 24.3 Å². The number of fused-ring (bicyclic) bond motifs is 1. The highest BCUT2D eigenvalue weighted by Gasteiger charge is 2.27. The van der Waals surface area contributed by atoms with Crippen LogP contribution in [-0.2, 0) is 9.53 Å². The van der Waals surface area contributed by atoms with Gasteiger partial charge >= 0.3 is 12.0 Å². The maximum Gasteiger partial charge on any atom is 0.342 e. The summed E-state index contributed by atoms with van der Waals surface area (Å²) in [5.74, 6) is -0.867. The van der Waals surface area contributed by atoms with Gasteiger partial charge in [-0.2, -0.15) is 0 Å². The Bertz CT molecular complexity index is 818. The Morgan fingerprint density at radius 2 is 1.92 bits per heavy atom. The second-order valence-electron chi connectivity index (χ2n) is 5.25. The summed E-state index contributed by atoms with van der Waals surface area (Å²) in [6, 6.07) is 10.4. The van der Waals surface area contributed by atoms with Crippen molar-refractivity contribution in [3.05, 3.63) is 42.0 Å². The van der Waals surface area contributed by atoms with Gasteiger partial charge in [0, 0.05) is 13.1 Å². The maximum atomic E-state index is 12.3. The normalized spacial score (nSPS) is 13.7. The SMILES string of the molecule is COc1cc2ccccc2cc1C(=O)OCC(=O)N1CCNC1=O. The van der Waals surface area contributed by atoms with E-state index in [1.54, 1.807) is 12.1 Å². The monoisotopic (exact) mass is 328 g/mol. The first-order chi connectivity index (χ1) is 11.6. The first kappa shape index (κ1) is 15.8. The van der Waals surface area contributed by atoms with E-state index in [0.717, 1.165) is 15.7 Å². The Hall–Kier alpha value is -3.09. The summed E-state index contributed by atoms with van der Waals surface area (Å²) in [7, 11) is 1.46. The highest BCUT2D eigenvalue weighted by atomic mass is 16.5. The average molecular weight is 328 g/mol. The van der Waals surface area contributed by atoms with Gasteiger partial charge in [-0.05, 0) is 22.9 Å². The van der Waals surface area contributed by atoms with Crippen LogP contribution in [0.25, 0.3) is 10.8 Å². The van der Waals surface area contributed by atoms with Gasteiger partial charge in [-0.15, -0.1) is 0 Å². The average Bonchev–Trinajstić information content (AvgIpc) is 3.04. The number of imide groups is 1. The largest absolute Gasteiger partial charge is 0.496 e. The van der Waals surface area contributed by atoms with E-state index in [1.165, 1.54) is 7.11 Å². The maximum absolute atomic E-state index is 12.3. The van der Waals surface area contributed by atoms with E-state index >= 15 is 0 Å². The molecule has 1 aliphatic rings. The molecule has 2 aromatic rings. The van der Waals surface area contributed by atoms with Gasteiger partial charge in [0.1, 0.15) is 11.3 Å². The number of carbonyl (C=O) groups is 3. The Labute approximate surface area is 138 Å². The van der Waals surface area contributed by atoms with Crippen LogP contribution in [0, 0.1) is 0 Å². The van der Waals surface area contributed by atoms with Gasteiger partial charge in [-0.25, -0.2) is 9.59 Å². The molecule has 124 valence electrons. The lowest BCUT2D eigenvalue weighted by Gasteiger charge is -2.13. The zero-order chi connectivity index (χ0) is 17.1. The van der Waals surface area contributed by atoms with Crippen molar-refractivity contribution in [3.63, 3.8) is 0 Å². The van der Waals surface area contributed by atoms with Crippen LogP contribution in [0.2, 0.25) is 0 Å². The molecule has 3 amide bonds. The topological polar surface area (TPSA) is 84.9 Å². The highest BCUT2D eigenvalue weighted by molar-refractivity contribution is 6.01. The number of hydrogen-bond acceptors (Lipinski definition) is 5. The van der Waals surface area contributed by atoms with Crippen molar-refractivity contribution in [1.82, 2.24) is 10.2 Å². The Morgan fingerprint density at radius 3 is 2.54 bits per heavy atom. The Kier molecular flexibility index (Phi) is 4.33. The van der Waals surface area contributed by atoms with Crippen LogP contribution in [0.3, 0.4) is 0 Å². The summed E-state index contributed by atoms with van der Waals surface area (Å²) in [5.41, 5.74) is 0.231. The quantitative estimate of drug-likeness (QED) is 0.861. The molecular formula is C17H16N2O5. The third kappa shape index (κ3) is 3.01. The minimum Gasteiger partial charge on any atom is -0.496 e. The Balaban J connectivity index is 1.75. The fraction of sp³-hybridized carbons (Fsp3) is 0.235. The number of benzene rings is 2. The number of methoxy groups -OCH3 is 1. The zero-order valence-corrected chi connectivity index (χ0v) is 13.1. The second-order valence-corrected chi connectivity index (χ2v) is 5.25. The molecule has 0 saturated carbocycles. The zero-order valence-electron chi connectivity index (χ0n) is 13.1. The number of urea groups is 1. The molecule has 1 N–H and O–H groups in total. The third-order valence-corrected chi connectivity index (χ3v) is 3.77. The minimum atomic E-state index is -0.675. The van der Waals surface area contributed by atoms with Crippen molar-refractivity contribution in [2.24, 2.45) is 0 Å². The molecule has 7 heteroatoms. The van der Waals surface area contributed by atoms with Crippen LogP contribution in [0.1, 0.15) is 10.4 Å².